The van der Waals surface area contributed by atoms with Crippen LogP contribution in [0.15, 0.2) is 12.7 Å². The van der Waals surface area contributed by atoms with Crippen LogP contribution in [0.3, 0.4) is 0 Å². The van der Waals surface area contributed by atoms with Gasteiger partial charge in [0, 0.05) is 52.4 Å². The summed E-state index contributed by atoms with van der Waals surface area (Å²) in [5.74, 6) is 0. The van der Waals surface area contributed by atoms with Crippen molar-refractivity contribution in [2.45, 2.75) is 64.7 Å². The maximum absolute atomic E-state index is 3.72. The van der Waals surface area contributed by atoms with Crippen LogP contribution in [0.4, 0.5) is 0 Å². The average Bonchev–Trinajstić information content (AvgIpc) is 2.58. The van der Waals surface area contributed by atoms with Crippen molar-refractivity contribution in [1.29, 1.82) is 0 Å². The van der Waals surface area contributed by atoms with Crippen molar-refractivity contribution in [2.75, 3.05) is 52.4 Å². The van der Waals surface area contributed by atoms with E-state index in [-0.39, 0.29) is 0 Å². The van der Waals surface area contributed by atoms with Gasteiger partial charge in [-0.25, -0.2) is 0 Å². The molecule has 0 bridgehead atoms. The summed E-state index contributed by atoms with van der Waals surface area (Å²) < 4.78 is 0. The molecule has 1 saturated heterocycles. The molecule has 0 atom stereocenters. The Balaban J connectivity index is 0.000000441. The fourth-order valence-corrected chi connectivity index (χ4v) is 2.63. The quantitative estimate of drug-likeness (QED) is 0.385. The standard InChI is InChI=1S/C12H24.C8H20N4/c1-3-5-7-9-11-12-10-8-6-4-2;1-2-10-5-6-12-8-7-11-4-3-9-1/h3H,1,4-12H2,2H3;9-12H,1-8H2. The summed E-state index contributed by atoms with van der Waals surface area (Å²) in [6, 6.07) is 0. The van der Waals surface area contributed by atoms with Gasteiger partial charge in [0.1, 0.15) is 0 Å². The molecular weight excluding hydrogens is 296 g/mol. The van der Waals surface area contributed by atoms with Gasteiger partial charge in [0.25, 0.3) is 0 Å². The van der Waals surface area contributed by atoms with Crippen molar-refractivity contribution in [3.63, 3.8) is 0 Å². The summed E-state index contributed by atoms with van der Waals surface area (Å²) in [6.45, 7) is 14.6. The molecule has 4 nitrogen and oxygen atoms in total. The second kappa shape index (κ2) is 22.6. The summed E-state index contributed by atoms with van der Waals surface area (Å²) in [6.07, 6.45) is 14.5. The maximum Gasteiger partial charge on any atom is 0.00772 e. The molecule has 0 saturated carbocycles. The minimum atomic E-state index is 1.07. The third-order valence-electron chi connectivity index (χ3n) is 4.18. The number of nitrogens with one attached hydrogen (secondary N) is 4. The van der Waals surface area contributed by atoms with Gasteiger partial charge in [-0.2, -0.15) is 0 Å². The first-order chi connectivity index (χ1) is 11.9. The van der Waals surface area contributed by atoms with Crippen LogP contribution in [0, 0.1) is 0 Å². The lowest BCUT2D eigenvalue weighted by Gasteiger charge is -2.11. The first kappa shape index (κ1) is 23.6. The van der Waals surface area contributed by atoms with Crippen LogP contribution in [0.5, 0.6) is 0 Å². The second-order valence-electron chi connectivity index (χ2n) is 6.55. The van der Waals surface area contributed by atoms with Gasteiger partial charge in [0.2, 0.25) is 0 Å². The molecule has 0 amide bonds. The molecule has 144 valence electrons. The summed E-state index contributed by atoms with van der Waals surface area (Å²) in [5.41, 5.74) is 0. The number of allylic oxidation sites excluding steroid dienone is 1. The van der Waals surface area contributed by atoms with Gasteiger partial charge < -0.3 is 21.3 Å². The van der Waals surface area contributed by atoms with E-state index in [1.165, 1.54) is 57.8 Å². The fraction of sp³-hybridized carbons (Fsp3) is 0.900. The van der Waals surface area contributed by atoms with Crippen molar-refractivity contribution in [2.24, 2.45) is 0 Å². The molecule has 1 fully saturated rings. The molecule has 0 aromatic heterocycles. The molecule has 0 spiro atoms. The van der Waals surface area contributed by atoms with Gasteiger partial charge in [-0.3, -0.25) is 0 Å². The predicted octanol–water partition coefficient (Wildman–Crippen LogP) is 3.06. The molecule has 1 aliphatic rings. The Morgan fingerprint density at radius 2 is 0.917 bits per heavy atom. The molecular formula is C20H44N4. The lowest BCUT2D eigenvalue weighted by Crippen LogP contribution is -2.39. The Kier molecular flexibility index (Phi) is 22.2. The smallest absolute Gasteiger partial charge is 0.00772 e. The molecule has 1 heterocycles. The minimum Gasteiger partial charge on any atom is -0.314 e. The van der Waals surface area contributed by atoms with Crippen LogP contribution in [0.2, 0.25) is 0 Å². The van der Waals surface area contributed by atoms with Crippen LogP contribution in [-0.2, 0) is 0 Å². The molecule has 4 heteroatoms. The Bertz CT molecular complexity index is 191. The van der Waals surface area contributed by atoms with Crippen molar-refractivity contribution in [1.82, 2.24) is 21.3 Å². The molecule has 0 unspecified atom stereocenters. The summed E-state index contributed by atoms with van der Waals surface area (Å²) in [4.78, 5) is 0. The largest absolute Gasteiger partial charge is 0.314 e. The fourth-order valence-electron chi connectivity index (χ4n) is 2.63. The average molecular weight is 341 g/mol. The highest BCUT2D eigenvalue weighted by Crippen LogP contribution is 2.09. The van der Waals surface area contributed by atoms with Crippen LogP contribution in [-0.4, -0.2) is 52.4 Å². The van der Waals surface area contributed by atoms with E-state index < -0.39 is 0 Å². The highest BCUT2D eigenvalue weighted by atomic mass is 15.0. The molecule has 0 aromatic carbocycles. The van der Waals surface area contributed by atoms with E-state index in [4.69, 9.17) is 0 Å². The number of hydrogen-bond acceptors (Lipinski definition) is 4. The zero-order valence-electron chi connectivity index (χ0n) is 16.3. The zero-order valence-corrected chi connectivity index (χ0v) is 16.3. The van der Waals surface area contributed by atoms with Gasteiger partial charge in [0.15, 0.2) is 0 Å². The first-order valence-corrected chi connectivity index (χ1v) is 10.4. The summed E-state index contributed by atoms with van der Waals surface area (Å²) in [5, 5.41) is 13.4. The number of unbranched alkanes of at least 4 members (excludes halogenated alkanes) is 8. The minimum absolute atomic E-state index is 1.07. The molecule has 4 N–H and O–H groups in total. The lowest BCUT2D eigenvalue weighted by atomic mass is 10.1. The molecule has 1 rings (SSSR count). The van der Waals surface area contributed by atoms with E-state index in [0.29, 0.717) is 0 Å². The third kappa shape index (κ3) is 21.6. The SMILES string of the molecule is C1CNCCNCCNCCN1.C=CCCCCCCCCCC. The molecule has 24 heavy (non-hydrogen) atoms. The normalized spacial score (nSPS) is 17.0. The Labute approximate surface area is 151 Å². The van der Waals surface area contributed by atoms with Crippen molar-refractivity contribution < 1.29 is 0 Å². The van der Waals surface area contributed by atoms with Gasteiger partial charge in [0.05, 0.1) is 0 Å². The number of rotatable bonds is 9. The van der Waals surface area contributed by atoms with E-state index in [1.54, 1.807) is 0 Å². The summed E-state index contributed by atoms with van der Waals surface area (Å²) in [7, 11) is 0. The Morgan fingerprint density at radius 1 is 0.583 bits per heavy atom. The number of hydrogen-bond donors (Lipinski definition) is 4. The van der Waals surface area contributed by atoms with Gasteiger partial charge in [-0.15, -0.1) is 6.58 Å². The van der Waals surface area contributed by atoms with Crippen LogP contribution >= 0.6 is 0 Å². The van der Waals surface area contributed by atoms with Crippen LogP contribution < -0.4 is 21.3 Å². The van der Waals surface area contributed by atoms with Crippen molar-refractivity contribution >= 4 is 0 Å². The predicted molar refractivity (Wildman–Crippen MR) is 109 cm³/mol. The highest BCUT2D eigenvalue weighted by Gasteiger charge is 1.92. The highest BCUT2D eigenvalue weighted by molar-refractivity contribution is 4.65. The second-order valence-corrected chi connectivity index (χ2v) is 6.55. The molecule has 0 radical (unpaired) electrons. The molecule has 0 aliphatic carbocycles. The Hall–Kier alpha value is -0.420. The van der Waals surface area contributed by atoms with Gasteiger partial charge in [-0.1, -0.05) is 57.9 Å². The topological polar surface area (TPSA) is 48.1 Å². The summed E-state index contributed by atoms with van der Waals surface area (Å²) >= 11 is 0. The Morgan fingerprint density at radius 3 is 1.25 bits per heavy atom. The molecule has 0 aromatic rings. The van der Waals surface area contributed by atoms with E-state index in [9.17, 15) is 0 Å². The van der Waals surface area contributed by atoms with Crippen LogP contribution in [0.1, 0.15) is 64.7 Å². The van der Waals surface area contributed by atoms with Gasteiger partial charge in [-0.05, 0) is 12.8 Å². The van der Waals surface area contributed by atoms with E-state index in [0.717, 1.165) is 52.4 Å². The lowest BCUT2D eigenvalue weighted by molar-refractivity contribution is 0.534. The third-order valence-corrected chi connectivity index (χ3v) is 4.18. The van der Waals surface area contributed by atoms with Crippen molar-refractivity contribution in [3.05, 3.63) is 12.7 Å². The van der Waals surface area contributed by atoms with E-state index in [2.05, 4.69) is 34.8 Å². The van der Waals surface area contributed by atoms with E-state index >= 15 is 0 Å². The van der Waals surface area contributed by atoms with E-state index in [1.807, 2.05) is 6.08 Å². The zero-order chi connectivity index (χ0) is 17.6. The first-order valence-electron chi connectivity index (χ1n) is 10.4. The maximum atomic E-state index is 3.72. The van der Waals surface area contributed by atoms with Crippen LogP contribution in [0.25, 0.3) is 0 Å². The van der Waals surface area contributed by atoms with Crippen molar-refractivity contribution in [3.8, 4) is 0 Å². The molecule has 1 aliphatic heterocycles. The monoisotopic (exact) mass is 340 g/mol. The van der Waals surface area contributed by atoms with Gasteiger partial charge >= 0.3 is 0 Å².